The van der Waals surface area contributed by atoms with Gasteiger partial charge in [-0.1, -0.05) is 51.8 Å². The minimum atomic E-state index is -0.210. The predicted octanol–water partition coefficient (Wildman–Crippen LogP) is 4.02. The molecule has 25 heavy (non-hydrogen) atoms. The molecule has 5 nitrogen and oxygen atoms in total. The van der Waals surface area contributed by atoms with Gasteiger partial charge in [0.15, 0.2) is 0 Å². The van der Waals surface area contributed by atoms with E-state index in [1.165, 1.54) is 5.56 Å². The van der Waals surface area contributed by atoms with Crippen LogP contribution in [0.4, 0.5) is 5.69 Å². The summed E-state index contributed by atoms with van der Waals surface area (Å²) in [6.07, 6.45) is 2.59. The number of nitrogens with one attached hydrogen (secondary N) is 2. The predicted molar refractivity (Wildman–Crippen MR) is 104 cm³/mol. The number of hydrazone groups is 1. The van der Waals surface area contributed by atoms with Gasteiger partial charge in [-0.2, -0.15) is 5.10 Å². The number of rotatable bonds is 7. The highest BCUT2D eigenvalue weighted by Gasteiger charge is 2.05. The maximum absolute atomic E-state index is 11.8. The minimum Gasteiger partial charge on any atom is -0.326 e. The van der Waals surface area contributed by atoms with E-state index in [2.05, 4.69) is 31.8 Å². The van der Waals surface area contributed by atoms with E-state index in [1.807, 2.05) is 55.5 Å². The maximum atomic E-state index is 11.8. The molecule has 0 fully saturated rings. The topological polar surface area (TPSA) is 70.6 Å². The van der Waals surface area contributed by atoms with Gasteiger partial charge < -0.3 is 5.32 Å². The van der Waals surface area contributed by atoms with Gasteiger partial charge in [-0.25, -0.2) is 5.43 Å². The van der Waals surface area contributed by atoms with Gasteiger partial charge in [0.05, 0.1) is 6.21 Å². The van der Waals surface area contributed by atoms with Crippen LogP contribution in [-0.2, 0) is 9.59 Å². The Labute approximate surface area is 155 Å². The number of hydrogen-bond acceptors (Lipinski definition) is 3. The second-order valence-corrected chi connectivity index (χ2v) is 6.53. The number of aryl methyl sites for hydroxylation is 1. The second-order valence-electron chi connectivity index (χ2n) is 5.62. The van der Waals surface area contributed by atoms with Crippen molar-refractivity contribution in [2.75, 3.05) is 5.32 Å². The average Bonchev–Trinajstić information content (AvgIpc) is 2.56. The van der Waals surface area contributed by atoms with Gasteiger partial charge in [0.25, 0.3) is 0 Å². The van der Waals surface area contributed by atoms with Crippen molar-refractivity contribution in [3.05, 3.63) is 64.1 Å². The molecule has 2 amide bonds. The maximum Gasteiger partial charge on any atom is 0.240 e. The summed E-state index contributed by atoms with van der Waals surface area (Å²) in [5.41, 5.74) is 5.28. The molecule has 0 atom stereocenters. The van der Waals surface area contributed by atoms with E-state index in [-0.39, 0.29) is 24.7 Å². The molecule has 0 spiro atoms. The fourth-order valence-corrected chi connectivity index (χ4v) is 2.49. The van der Waals surface area contributed by atoms with Crippen molar-refractivity contribution in [3.8, 4) is 0 Å². The number of anilines is 1. The van der Waals surface area contributed by atoms with Crippen molar-refractivity contribution in [2.24, 2.45) is 5.10 Å². The fourth-order valence-electron chi connectivity index (χ4n) is 2.09. The number of benzene rings is 2. The normalized spacial score (nSPS) is 10.6. The van der Waals surface area contributed by atoms with Crippen LogP contribution in [-0.4, -0.2) is 18.0 Å². The molecule has 2 N–H and O–H groups in total. The number of carbonyl (C=O) groups excluding carboxylic acids is 2. The lowest BCUT2D eigenvalue weighted by Gasteiger charge is -2.05. The van der Waals surface area contributed by atoms with E-state index in [9.17, 15) is 9.59 Å². The number of halogens is 1. The lowest BCUT2D eigenvalue weighted by atomic mass is 10.2. The minimum absolute atomic E-state index is 0.117. The van der Waals surface area contributed by atoms with Crippen LogP contribution in [0.1, 0.15) is 30.4 Å². The van der Waals surface area contributed by atoms with E-state index in [1.54, 1.807) is 6.21 Å². The SMILES string of the molecule is Cc1ccc(/C=N\NC(=O)CCCC(=O)Nc2cccc(Br)c2)cc1. The van der Waals surface area contributed by atoms with Crippen LogP contribution in [0.25, 0.3) is 0 Å². The van der Waals surface area contributed by atoms with Crippen LogP contribution in [0.15, 0.2) is 58.1 Å². The molecule has 0 aliphatic carbocycles. The van der Waals surface area contributed by atoms with Crippen LogP contribution in [0.3, 0.4) is 0 Å². The van der Waals surface area contributed by atoms with Gasteiger partial charge in [0.2, 0.25) is 11.8 Å². The van der Waals surface area contributed by atoms with Gasteiger partial charge in [0.1, 0.15) is 0 Å². The first kappa shape index (κ1) is 18.9. The molecule has 0 unspecified atom stereocenters. The van der Waals surface area contributed by atoms with Crippen LogP contribution < -0.4 is 10.7 Å². The fraction of sp³-hybridized carbons (Fsp3) is 0.211. The average molecular weight is 402 g/mol. The molecule has 2 aromatic rings. The van der Waals surface area contributed by atoms with Crippen molar-refractivity contribution < 1.29 is 9.59 Å². The van der Waals surface area contributed by atoms with Crippen LogP contribution in [0.5, 0.6) is 0 Å². The summed E-state index contributed by atoms with van der Waals surface area (Å²) < 4.78 is 0.899. The molecule has 130 valence electrons. The molecule has 0 aliphatic rings. The third-order valence-electron chi connectivity index (χ3n) is 3.40. The molecular weight excluding hydrogens is 382 g/mol. The van der Waals surface area contributed by atoms with Gasteiger partial charge >= 0.3 is 0 Å². The molecule has 0 saturated heterocycles. The molecular formula is C19H20BrN3O2. The van der Waals surface area contributed by atoms with Gasteiger partial charge in [-0.3, -0.25) is 9.59 Å². The first-order valence-electron chi connectivity index (χ1n) is 7.97. The lowest BCUT2D eigenvalue weighted by molar-refractivity contribution is -0.121. The largest absolute Gasteiger partial charge is 0.326 e. The van der Waals surface area contributed by atoms with E-state index >= 15 is 0 Å². The quantitative estimate of drug-likeness (QED) is 0.543. The number of carbonyl (C=O) groups is 2. The summed E-state index contributed by atoms with van der Waals surface area (Å²) in [6, 6.07) is 15.2. The van der Waals surface area contributed by atoms with Crippen LogP contribution >= 0.6 is 15.9 Å². The molecule has 0 saturated carbocycles. The standard InChI is InChI=1S/C19H20BrN3O2/c1-14-8-10-15(11-9-14)13-21-23-19(25)7-3-6-18(24)22-17-5-2-4-16(20)12-17/h2,4-5,8-13H,3,6-7H2,1H3,(H,22,24)(H,23,25)/b21-13-. The van der Waals surface area contributed by atoms with E-state index in [0.29, 0.717) is 6.42 Å². The van der Waals surface area contributed by atoms with Crippen molar-refractivity contribution in [3.63, 3.8) is 0 Å². The molecule has 0 bridgehead atoms. The lowest BCUT2D eigenvalue weighted by Crippen LogP contribution is -2.18. The Morgan fingerprint density at radius 3 is 2.52 bits per heavy atom. The second kappa shape index (κ2) is 9.74. The smallest absolute Gasteiger partial charge is 0.240 e. The number of nitrogens with zero attached hydrogens (tertiary/aromatic N) is 1. The molecule has 2 aromatic carbocycles. The van der Waals surface area contributed by atoms with E-state index < -0.39 is 0 Å². The zero-order chi connectivity index (χ0) is 18.1. The summed E-state index contributed by atoms with van der Waals surface area (Å²) in [4.78, 5) is 23.6. The molecule has 2 rings (SSSR count). The Kier molecular flexibility index (Phi) is 7.35. The monoisotopic (exact) mass is 401 g/mol. The summed E-state index contributed by atoms with van der Waals surface area (Å²) in [5.74, 6) is -0.326. The zero-order valence-corrected chi connectivity index (χ0v) is 15.5. The Morgan fingerprint density at radius 1 is 1.08 bits per heavy atom. The van der Waals surface area contributed by atoms with Crippen LogP contribution in [0, 0.1) is 6.92 Å². The third kappa shape index (κ3) is 7.30. The summed E-state index contributed by atoms with van der Waals surface area (Å²) in [5, 5.41) is 6.71. The van der Waals surface area contributed by atoms with E-state index in [0.717, 1.165) is 15.7 Å². The van der Waals surface area contributed by atoms with E-state index in [4.69, 9.17) is 0 Å². The van der Waals surface area contributed by atoms with Gasteiger partial charge in [-0.05, 0) is 37.1 Å². The molecule has 0 aliphatic heterocycles. The third-order valence-corrected chi connectivity index (χ3v) is 3.89. The van der Waals surface area contributed by atoms with Crippen molar-refractivity contribution in [2.45, 2.75) is 26.2 Å². The Morgan fingerprint density at radius 2 is 1.80 bits per heavy atom. The Balaban J connectivity index is 1.66. The van der Waals surface area contributed by atoms with Gasteiger partial charge in [0, 0.05) is 23.0 Å². The highest BCUT2D eigenvalue weighted by molar-refractivity contribution is 9.10. The highest BCUT2D eigenvalue weighted by Crippen LogP contribution is 2.16. The molecule has 0 heterocycles. The first-order valence-corrected chi connectivity index (χ1v) is 8.76. The summed E-state index contributed by atoms with van der Waals surface area (Å²) >= 11 is 3.35. The summed E-state index contributed by atoms with van der Waals surface area (Å²) in [7, 11) is 0. The first-order chi connectivity index (χ1) is 12.0. The zero-order valence-electron chi connectivity index (χ0n) is 14.0. The Hall–Kier alpha value is -2.47. The Bertz CT molecular complexity index is 758. The molecule has 6 heteroatoms. The summed E-state index contributed by atoms with van der Waals surface area (Å²) in [6.45, 7) is 2.01. The molecule has 0 aromatic heterocycles. The van der Waals surface area contributed by atoms with Crippen molar-refractivity contribution in [1.82, 2.24) is 5.43 Å². The van der Waals surface area contributed by atoms with Crippen LogP contribution in [0.2, 0.25) is 0 Å². The highest BCUT2D eigenvalue weighted by atomic mass is 79.9. The van der Waals surface area contributed by atoms with Crippen molar-refractivity contribution in [1.29, 1.82) is 0 Å². The number of hydrogen-bond donors (Lipinski definition) is 2. The van der Waals surface area contributed by atoms with Crippen molar-refractivity contribution >= 4 is 39.6 Å². The molecule has 0 radical (unpaired) electrons. The van der Waals surface area contributed by atoms with Gasteiger partial charge in [-0.15, -0.1) is 0 Å². The number of amides is 2.